The van der Waals surface area contributed by atoms with Gasteiger partial charge in [0.2, 0.25) is 0 Å². The summed E-state index contributed by atoms with van der Waals surface area (Å²) in [6.45, 7) is 6.77. The molecule has 1 heterocycles. The zero-order valence-electron chi connectivity index (χ0n) is 10.9. The molecular weight excluding hydrogens is 196 g/mol. The minimum Gasteiger partial charge on any atom is -0.271 e. The van der Waals surface area contributed by atoms with Gasteiger partial charge in [0.15, 0.2) is 0 Å². The van der Waals surface area contributed by atoms with Crippen molar-refractivity contribution in [1.29, 1.82) is 0 Å². The first-order valence-electron chi connectivity index (χ1n) is 6.08. The number of hydrogen-bond donors (Lipinski definition) is 0. The van der Waals surface area contributed by atoms with Gasteiger partial charge in [-0.1, -0.05) is 33.6 Å². The molecule has 16 heavy (non-hydrogen) atoms. The van der Waals surface area contributed by atoms with Crippen molar-refractivity contribution < 1.29 is 0 Å². The molecule has 2 nitrogen and oxygen atoms in total. The molecule has 0 saturated heterocycles. The molecule has 0 bridgehead atoms. The van der Waals surface area contributed by atoms with Gasteiger partial charge in [-0.3, -0.25) is 4.68 Å². The Hall–Kier alpha value is -1.23. The molecule has 0 fully saturated rings. The molecule has 1 aromatic heterocycles. The Labute approximate surface area is 99.1 Å². The summed E-state index contributed by atoms with van der Waals surface area (Å²) in [4.78, 5) is 0. The van der Waals surface area contributed by atoms with E-state index in [-0.39, 0.29) is 5.41 Å². The predicted molar refractivity (Wildman–Crippen MR) is 68.3 cm³/mol. The van der Waals surface area contributed by atoms with Gasteiger partial charge in [0, 0.05) is 18.2 Å². The maximum absolute atomic E-state index is 5.40. The van der Waals surface area contributed by atoms with Crippen molar-refractivity contribution in [3.63, 3.8) is 0 Å². The number of aryl methyl sites for hydroxylation is 1. The van der Waals surface area contributed by atoms with Crippen LogP contribution in [0.5, 0.6) is 0 Å². The summed E-state index contributed by atoms with van der Waals surface area (Å²) in [6.07, 6.45) is 10.1. The first kappa shape index (κ1) is 12.8. The molecule has 0 N–H and O–H groups in total. The van der Waals surface area contributed by atoms with Crippen LogP contribution in [-0.4, -0.2) is 9.78 Å². The Morgan fingerprint density at radius 2 is 1.94 bits per heavy atom. The van der Waals surface area contributed by atoms with E-state index < -0.39 is 0 Å². The fourth-order valence-electron chi connectivity index (χ4n) is 2.59. The van der Waals surface area contributed by atoms with Crippen molar-refractivity contribution >= 4 is 0 Å². The van der Waals surface area contributed by atoms with Gasteiger partial charge < -0.3 is 0 Å². The number of hydrogen-bond acceptors (Lipinski definition) is 1. The number of terminal acetylenes is 1. The third-order valence-electron chi connectivity index (χ3n) is 3.25. The molecule has 0 amide bonds. The molecule has 1 rings (SSSR count). The minimum absolute atomic E-state index is 0.209. The lowest BCUT2D eigenvalue weighted by Crippen LogP contribution is -2.24. The second kappa shape index (κ2) is 5.21. The van der Waals surface area contributed by atoms with Crippen LogP contribution in [0.15, 0.2) is 6.07 Å². The quantitative estimate of drug-likeness (QED) is 0.694. The molecule has 0 aliphatic heterocycles. The summed E-state index contributed by atoms with van der Waals surface area (Å²) < 4.78 is 1.94. The van der Waals surface area contributed by atoms with Crippen LogP contribution in [0.25, 0.3) is 0 Å². The third-order valence-corrected chi connectivity index (χ3v) is 3.25. The highest BCUT2D eigenvalue weighted by Crippen LogP contribution is 2.33. The monoisotopic (exact) mass is 218 g/mol. The zero-order chi connectivity index (χ0) is 12.2. The zero-order valence-corrected chi connectivity index (χ0v) is 10.9. The van der Waals surface area contributed by atoms with Gasteiger partial charge in [0.05, 0.1) is 0 Å². The molecule has 1 aromatic rings. The summed E-state index contributed by atoms with van der Waals surface area (Å²) in [5.41, 5.74) is 2.22. The Morgan fingerprint density at radius 3 is 2.31 bits per heavy atom. The minimum atomic E-state index is 0.209. The molecule has 0 unspecified atom stereocenters. The molecule has 2 heteroatoms. The maximum Gasteiger partial charge on any atom is 0.135 e. The molecule has 0 aromatic carbocycles. The molecule has 0 atom stereocenters. The summed E-state index contributed by atoms with van der Waals surface area (Å²) in [5, 5.41) is 4.34. The smallest absolute Gasteiger partial charge is 0.135 e. The molecular formula is C14H22N2. The third kappa shape index (κ3) is 2.47. The van der Waals surface area contributed by atoms with Crippen molar-refractivity contribution in [2.75, 3.05) is 0 Å². The largest absolute Gasteiger partial charge is 0.271 e. The van der Waals surface area contributed by atoms with E-state index >= 15 is 0 Å². The Bertz CT molecular complexity index is 376. The van der Waals surface area contributed by atoms with Crippen LogP contribution >= 0.6 is 0 Å². The summed E-state index contributed by atoms with van der Waals surface area (Å²) in [5.74, 6) is 2.61. The highest BCUT2D eigenvalue weighted by atomic mass is 15.3. The Balaban J connectivity index is 3.10. The molecule has 0 aliphatic rings. The van der Waals surface area contributed by atoms with E-state index in [1.54, 1.807) is 0 Å². The summed E-state index contributed by atoms with van der Waals surface area (Å²) >= 11 is 0. The lowest BCUT2D eigenvalue weighted by Gasteiger charge is -2.29. The average Bonchev–Trinajstić information content (AvgIpc) is 2.61. The van der Waals surface area contributed by atoms with E-state index in [0.29, 0.717) is 0 Å². The molecule has 88 valence electrons. The second-order valence-electron chi connectivity index (χ2n) is 4.74. The molecule has 0 radical (unpaired) electrons. The molecule has 0 aliphatic carbocycles. The molecule has 0 spiro atoms. The average molecular weight is 218 g/mol. The lowest BCUT2D eigenvalue weighted by atomic mass is 9.78. The van der Waals surface area contributed by atoms with Crippen LogP contribution in [0.3, 0.4) is 0 Å². The highest BCUT2D eigenvalue weighted by Gasteiger charge is 2.28. The fraction of sp³-hybridized carbons (Fsp3) is 0.643. The van der Waals surface area contributed by atoms with Gasteiger partial charge in [-0.15, -0.1) is 6.42 Å². The van der Waals surface area contributed by atoms with E-state index in [4.69, 9.17) is 6.42 Å². The van der Waals surface area contributed by atoms with Crippen molar-refractivity contribution in [3.8, 4) is 12.3 Å². The molecule has 0 saturated carbocycles. The van der Waals surface area contributed by atoms with Gasteiger partial charge in [0.25, 0.3) is 0 Å². The van der Waals surface area contributed by atoms with E-state index in [2.05, 4.69) is 37.9 Å². The van der Waals surface area contributed by atoms with Crippen LogP contribution < -0.4 is 0 Å². The van der Waals surface area contributed by atoms with Crippen LogP contribution in [0.4, 0.5) is 0 Å². The van der Waals surface area contributed by atoms with E-state index in [9.17, 15) is 0 Å². The van der Waals surface area contributed by atoms with Crippen LogP contribution in [0, 0.1) is 12.3 Å². The topological polar surface area (TPSA) is 17.8 Å². The van der Waals surface area contributed by atoms with Crippen molar-refractivity contribution in [2.45, 2.75) is 51.9 Å². The lowest BCUT2D eigenvalue weighted by molar-refractivity contribution is 0.366. The Morgan fingerprint density at radius 1 is 1.38 bits per heavy atom. The number of rotatable bonds is 5. The van der Waals surface area contributed by atoms with Gasteiger partial charge in [-0.2, -0.15) is 5.10 Å². The van der Waals surface area contributed by atoms with Gasteiger partial charge >= 0.3 is 0 Å². The van der Waals surface area contributed by atoms with Crippen molar-refractivity contribution in [1.82, 2.24) is 9.78 Å². The fourth-order valence-corrected chi connectivity index (χ4v) is 2.59. The van der Waals surface area contributed by atoms with Crippen LogP contribution in [0.1, 0.15) is 57.8 Å². The SMILES string of the molecule is C#Cc1cc(C(C)(CCC)CCC)n(C)n1. The van der Waals surface area contributed by atoms with Crippen molar-refractivity contribution in [2.24, 2.45) is 7.05 Å². The first-order valence-corrected chi connectivity index (χ1v) is 6.08. The van der Waals surface area contributed by atoms with E-state index in [1.165, 1.54) is 31.4 Å². The number of aromatic nitrogens is 2. The second-order valence-corrected chi connectivity index (χ2v) is 4.74. The van der Waals surface area contributed by atoms with Crippen LogP contribution in [0.2, 0.25) is 0 Å². The predicted octanol–water partition coefficient (Wildman–Crippen LogP) is 3.26. The van der Waals surface area contributed by atoms with E-state index in [0.717, 1.165) is 5.69 Å². The maximum atomic E-state index is 5.40. The van der Waals surface area contributed by atoms with Gasteiger partial charge in [-0.05, 0) is 24.8 Å². The standard InChI is InChI=1S/C14H22N2/c1-6-9-14(4,10-7-2)13-11-12(8-3)15-16(13)5/h3,11H,6-7,9-10H2,1-2,4-5H3. The summed E-state index contributed by atoms with van der Waals surface area (Å²) in [6, 6.07) is 2.06. The highest BCUT2D eigenvalue weighted by molar-refractivity contribution is 5.29. The number of nitrogens with zero attached hydrogens (tertiary/aromatic N) is 2. The van der Waals surface area contributed by atoms with Crippen LogP contribution in [-0.2, 0) is 12.5 Å². The van der Waals surface area contributed by atoms with Gasteiger partial charge in [-0.25, -0.2) is 0 Å². The van der Waals surface area contributed by atoms with Crippen molar-refractivity contribution in [3.05, 3.63) is 17.5 Å². The van der Waals surface area contributed by atoms with Gasteiger partial charge in [0.1, 0.15) is 5.69 Å². The first-order chi connectivity index (χ1) is 7.57. The summed E-state index contributed by atoms with van der Waals surface area (Å²) in [7, 11) is 1.99. The Kier molecular flexibility index (Phi) is 4.18. The van der Waals surface area contributed by atoms with E-state index in [1.807, 2.05) is 11.7 Å². The normalized spacial score (nSPS) is 11.4.